The fraction of sp³-hybridized carbons (Fsp3) is 0.182. The largest absolute Gasteiger partial charge is 0.496 e. The standard InChI is InChI=1S/C11H8Cl3FO2/c1-17-9(6-10(16)11(12,13)14)7-2-4-8(15)5-3-7/h2-6H,1H3/b9-6-. The smallest absolute Gasteiger partial charge is 0.252 e. The molecule has 1 rings (SSSR count). The van der Waals surface area contributed by atoms with Gasteiger partial charge in [0, 0.05) is 11.6 Å². The van der Waals surface area contributed by atoms with Gasteiger partial charge in [0.2, 0.25) is 5.78 Å². The van der Waals surface area contributed by atoms with E-state index in [9.17, 15) is 9.18 Å². The molecular weight excluding hydrogens is 289 g/mol. The van der Waals surface area contributed by atoms with Crippen LogP contribution in [0, 0.1) is 5.82 Å². The number of hydrogen-bond acceptors (Lipinski definition) is 2. The number of allylic oxidation sites excluding steroid dienone is 1. The fourth-order valence-electron chi connectivity index (χ4n) is 1.08. The SMILES string of the molecule is CO/C(=C\C(=O)C(Cl)(Cl)Cl)c1ccc(F)cc1. The molecular formula is C11H8Cl3FO2. The first-order valence-electron chi connectivity index (χ1n) is 4.47. The number of ether oxygens (including phenoxy) is 1. The van der Waals surface area contributed by atoms with E-state index in [0.29, 0.717) is 5.56 Å². The molecule has 0 bridgehead atoms. The average Bonchev–Trinajstić information content (AvgIpc) is 2.25. The Morgan fingerprint density at radius 3 is 2.24 bits per heavy atom. The summed E-state index contributed by atoms with van der Waals surface area (Å²) in [5.41, 5.74) is 0.511. The highest BCUT2D eigenvalue weighted by atomic mass is 35.6. The number of carbonyl (C=O) groups excluding carboxylic acids is 1. The van der Waals surface area contributed by atoms with Crippen LogP contribution in [-0.4, -0.2) is 16.7 Å². The van der Waals surface area contributed by atoms with Crippen molar-refractivity contribution in [2.24, 2.45) is 0 Å². The highest BCUT2D eigenvalue weighted by molar-refractivity contribution is 6.77. The van der Waals surface area contributed by atoms with Crippen molar-refractivity contribution >= 4 is 46.3 Å². The third kappa shape index (κ3) is 4.19. The zero-order chi connectivity index (χ0) is 13.1. The van der Waals surface area contributed by atoms with E-state index in [1.54, 1.807) is 0 Å². The third-order valence-corrected chi connectivity index (χ3v) is 2.45. The van der Waals surface area contributed by atoms with Crippen molar-refractivity contribution < 1.29 is 13.9 Å². The minimum absolute atomic E-state index is 0.196. The van der Waals surface area contributed by atoms with E-state index in [1.165, 1.54) is 31.4 Å². The summed E-state index contributed by atoms with van der Waals surface area (Å²) in [6.07, 6.45) is 1.06. The van der Waals surface area contributed by atoms with Gasteiger partial charge in [-0.1, -0.05) is 34.8 Å². The number of alkyl halides is 3. The minimum Gasteiger partial charge on any atom is -0.496 e. The molecule has 1 aromatic rings. The van der Waals surface area contributed by atoms with Crippen LogP contribution in [0.2, 0.25) is 0 Å². The van der Waals surface area contributed by atoms with Gasteiger partial charge in [0.15, 0.2) is 0 Å². The first-order chi connectivity index (χ1) is 7.84. The highest BCUT2D eigenvalue weighted by Gasteiger charge is 2.29. The molecule has 0 atom stereocenters. The number of carbonyl (C=O) groups is 1. The molecule has 0 saturated carbocycles. The zero-order valence-corrected chi connectivity index (χ0v) is 11.0. The van der Waals surface area contributed by atoms with Gasteiger partial charge < -0.3 is 4.74 Å². The van der Waals surface area contributed by atoms with Gasteiger partial charge in [-0.3, -0.25) is 4.79 Å². The Morgan fingerprint density at radius 1 is 1.29 bits per heavy atom. The Morgan fingerprint density at radius 2 is 1.82 bits per heavy atom. The Labute approximate surface area is 113 Å². The Kier molecular flexibility index (Phi) is 4.80. The lowest BCUT2D eigenvalue weighted by Crippen LogP contribution is -2.16. The van der Waals surface area contributed by atoms with Gasteiger partial charge in [0.05, 0.1) is 7.11 Å². The van der Waals surface area contributed by atoms with Crippen LogP contribution in [0.15, 0.2) is 30.3 Å². The van der Waals surface area contributed by atoms with Crippen molar-refractivity contribution in [3.63, 3.8) is 0 Å². The van der Waals surface area contributed by atoms with E-state index in [-0.39, 0.29) is 5.76 Å². The monoisotopic (exact) mass is 296 g/mol. The molecule has 0 N–H and O–H groups in total. The fourth-order valence-corrected chi connectivity index (χ4v) is 1.24. The maximum Gasteiger partial charge on any atom is 0.252 e. The van der Waals surface area contributed by atoms with Gasteiger partial charge in [-0.25, -0.2) is 4.39 Å². The van der Waals surface area contributed by atoms with E-state index in [1.807, 2.05) is 0 Å². The van der Waals surface area contributed by atoms with E-state index in [4.69, 9.17) is 39.5 Å². The first kappa shape index (κ1) is 14.3. The lowest BCUT2D eigenvalue weighted by molar-refractivity contribution is -0.113. The van der Waals surface area contributed by atoms with Crippen molar-refractivity contribution in [3.8, 4) is 0 Å². The number of hydrogen-bond donors (Lipinski definition) is 0. The molecule has 0 saturated heterocycles. The second-order valence-corrected chi connectivity index (χ2v) is 5.36. The predicted octanol–water partition coefficient (Wildman–Crippen LogP) is 3.75. The summed E-state index contributed by atoms with van der Waals surface area (Å²) in [4.78, 5) is 11.4. The van der Waals surface area contributed by atoms with Crippen LogP contribution >= 0.6 is 34.8 Å². The van der Waals surface area contributed by atoms with Gasteiger partial charge in [-0.05, 0) is 24.3 Å². The number of ketones is 1. The average molecular weight is 298 g/mol. The number of benzene rings is 1. The van der Waals surface area contributed by atoms with Gasteiger partial charge in [0.25, 0.3) is 3.79 Å². The molecule has 0 amide bonds. The van der Waals surface area contributed by atoms with Crippen molar-refractivity contribution in [3.05, 3.63) is 41.7 Å². The molecule has 0 radical (unpaired) electrons. The summed E-state index contributed by atoms with van der Waals surface area (Å²) in [5, 5.41) is 0. The van der Waals surface area contributed by atoms with Crippen molar-refractivity contribution in [1.29, 1.82) is 0 Å². The predicted molar refractivity (Wildman–Crippen MR) is 66.7 cm³/mol. The van der Waals surface area contributed by atoms with Crippen molar-refractivity contribution in [1.82, 2.24) is 0 Å². The zero-order valence-electron chi connectivity index (χ0n) is 8.72. The first-order valence-corrected chi connectivity index (χ1v) is 5.61. The molecule has 0 heterocycles. The molecule has 1 aromatic carbocycles. The molecule has 92 valence electrons. The quantitative estimate of drug-likeness (QED) is 0.482. The normalized spacial score (nSPS) is 12.4. The molecule has 2 nitrogen and oxygen atoms in total. The van der Waals surface area contributed by atoms with E-state index < -0.39 is 15.4 Å². The molecule has 0 fully saturated rings. The van der Waals surface area contributed by atoms with Crippen molar-refractivity contribution in [2.75, 3.05) is 7.11 Å². The second kappa shape index (κ2) is 5.71. The highest BCUT2D eigenvalue weighted by Crippen LogP contribution is 2.29. The summed E-state index contributed by atoms with van der Waals surface area (Å²) in [6.45, 7) is 0. The van der Waals surface area contributed by atoms with Crippen LogP contribution < -0.4 is 0 Å². The number of methoxy groups -OCH3 is 1. The van der Waals surface area contributed by atoms with Gasteiger partial charge in [-0.15, -0.1) is 0 Å². The van der Waals surface area contributed by atoms with Crippen LogP contribution in [-0.2, 0) is 9.53 Å². The molecule has 0 aromatic heterocycles. The number of rotatable bonds is 3. The molecule has 0 aliphatic carbocycles. The Hall–Kier alpha value is -0.770. The van der Waals surface area contributed by atoms with Crippen LogP contribution in [0.4, 0.5) is 4.39 Å². The maximum atomic E-state index is 12.7. The molecule has 17 heavy (non-hydrogen) atoms. The summed E-state index contributed by atoms with van der Waals surface area (Å²) in [6, 6.07) is 5.39. The lowest BCUT2D eigenvalue weighted by Gasteiger charge is -2.09. The van der Waals surface area contributed by atoms with Gasteiger partial charge in [0.1, 0.15) is 11.6 Å². The Balaban J connectivity index is 3.04. The Bertz CT molecular complexity index is 435. The van der Waals surface area contributed by atoms with Gasteiger partial charge >= 0.3 is 0 Å². The number of halogens is 4. The molecule has 6 heteroatoms. The summed E-state index contributed by atoms with van der Waals surface area (Å²) in [5.74, 6) is -0.929. The molecule has 0 unspecified atom stereocenters. The third-order valence-electron chi connectivity index (χ3n) is 1.89. The van der Waals surface area contributed by atoms with Gasteiger partial charge in [-0.2, -0.15) is 0 Å². The minimum atomic E-state index is -2.04. The lowest BCUT2D eigenvalue weighted by atomic mass is 10.1. The van der Waals surface area contributed by atoms with Crippen LogP contribution in [0.3, 0.4) is 0 Å². The summed E-state index contributed by atoms with van der Waals surface area (Å²) in [7, 11) is 1.36. The molecule has 0 spiro atoms. The summed E-state index contributed by atoms with van der Waals surface area (Å²) < 4.78 is 15.7. The van der Waals surface area contributed by atoms with Crippen molar-refractivity contribution in [2.45, 2.75) is 3.79 Å². The van der Waals surface area contributed by atoms with Crippen LogP contribution in [0.25, 0.3) is 5.76 Å². The molecule has 0 aliphatic rings. The van der Waals surface area contributed by atoms with E-state index in [2.05, 4.69) is 0 Å². The maximum absolute atomic E-state index is 12.7. The van der Waals surface area contributed by atoms with E-state index >= 15 is 0 Å². The van der Waals surface area contributed by atoms with Crippen LogP contribution in [0.1, 0.15) is 5.56 Å². The second-order valence-electron chi connectivity index (χ2n) is 3.08. The van der Waals surface area contributed by atoms with E-state index in [0.717, 1.165) is 6.08 Å². The molecule has 0 aliphatic heterocycles. The van der Waals surface area contributed by atoms with Crippen LogP contribution in [0.5, 0.6) is 0 Å². The topological polar surface area (TPSA) is 26.3 Å². The summed E-state index contributed by atoms with van der Waals surface area (Å²) >= 11 is 16.3.